The number of aryl methyl sites for hydroxylation is 1. The van der Waals surface area contributed by atoms with Gasteiger partial charge in [-0.2, -0.15) is 0 Å². The lowest BCUT2D eigenvalue weighted by Gasteiger charge is -2.33. The molecular formula is C21H30N4O2. The number of furan rings is 1. The molecular weight excluding hydrogens is 340 g/mol. The zero-order valence-electron chi connectivity index (χ0n) is 16.5. The predicted octanol–water partition coefficient (Wildman–Crippen LogP) is 4.00. The molecule has 0 radical (unpaired) electrons. The first kappa shape index (κ1) is 19.3. The van der Waals surface area contributed by atoms with E-state index in [2.05, 4.69) is 21.6 Å². The summed E-state index contributed by atoms with van der Waals surface area (Å²) in [6, 6.07) is 9.79. The number of anilines is 2. The number of amides is 2. The second-order valence-corrected chi connectivity index (χ2v) is 7.36. The number of carbonyl (C=O) groups is 1. The molecule has 2 heterocycles. The van der Waals surface area contributed by atoms with Crippen molar-refractivity contribution in [3.05, 3.63) is 47.9 Å². The molecule has 6 heteroatoms. The highest BCUT2D eigenvalue weighted by Gasteiger charge is 2.24. The number of nitrogens with zero attached hydrogens (tertiary/aromatic N) is 2. The fourth-order valence-electron chi connectivity index (χ4n) is 3.54. The Morgan fingerprint density at radius 2 is 2.00 bits per heavy atom. The number of urea groups is 1. The van der Waals surface area contributed by atoms with Gasteiger partial charge in [-0.25, -0.2) is 4.79 Å². The smallest absolute Gasteiger partial charge is 0.319 e. The zero-order chi connectivity index (χ0) is 19.2. The third-order valence-electron chi connectivity index (χ3n) is 5.13. The number of benzene rings is 1. The molecule has 1 saturated heterocycles. The largest absolute Gasteiger partial charge is 0.468 e. The van der Waals surface area contributed by atoms with E-state index in [-0.39, 0.29) is 12.1 Å². The molecule has 6 nitrogen and oxygen atoms in total. The number of nitrogens with one attached hydrogen (secondary N) is 2. The van der Waals surface area contributed by atoms with Crippen LogP contribution in [0.25, 0.3) is 0 Å². The van der Waals surface area contributed by atoms with E-state index in [0.29, 0.717) is 6.54 Å². The predicted molar refractivity (Wildman–Crippen MR) is 109 cm³/mol. The van der Waals surface area contributed by atoms with Crippen LogP contribution in [0.5, 0.6) is 0 Å². The Bertz CT molecular complexity index is 737. The molecule has 0 bridgehead atoms. The van der Waals surface area contributed by atoms with Crippen LogP contribution in [0.3, 0.4) is 0 Å². The van der Waals surface area contributed by atoms with Crippen LogP contribution in [-0.2, 0) is 0 Å². The molecule has 1 fully saturated rings. The van der Waals surface area contributed by atoms with Crippen molar-refractivity contribution < 1.29 is 9.21 Å². The maximum Gasteiger partial charge on any atom is 0.319 e. The highest BCUT2D eigenvalue weighted by molar-refractivity contribution is 5.90. The summed E-state index contributed by atoms with van der Waals surface area (Å²) >= 11 is 0. The van der Waals surface area contributed by atoms with E-state index >= 15 is 0 Å². The minimum Gasteiger partial charge on any atom is -0.468 e. The standard InChI is InChI=1S/C21H30N4O2/c1-16-14-17(24(2)3)9-10-18(16)23-21(26)22-15-19(20-8-7-13-27-20)25-11-5-4-6-12-25/h7-10,13-14,19H,4-6,11-12,15H2,1-3H3,(H2,22,23,26). The van der Waals surface area contributed by atoms with E-state index in [1.165, 1.54) is 19.3 Å². The van der Waals surface area contributed by atoms with E-state index < -0.39 is 0 Å². The summed E-state index contributed by atoms with van der Waals surface area (Å²) < 4.78 is 5.64. The van der Waals surface area contributed by atoms with Crippen molar-refractivity contribution in [3.63, 3.8) is 0 Å². The SMILES string of the molecule is Cc1cc(N(C)C)ccc1NC(=O)NCC(c1ccco1)N1CCCCC1. The molecule has 1 aromatic carbocycles. The van der Waals surface area contributed by atoms with Gasteiger partial charge in [-0.05, 0) is 68.8 Å². The number of likely N-dealkylation sites (tertiary alicyclic amines) is 1. The van der Waals surface area contributed by atoms with Gasteiger partial charge in [0.2, 0.25) is 0 Å². The summed E-state index contributed by atoms with van der Waals surface area (Å²) in [5.74, 6) is 0.906. The van der Waals surface area contributed by atoms with Gasteiger partial charge in [0.15, 0.2) is 0 Å². The lowest BCUT2D eigenvalue weighted by Crippen LogP contribution is -2.41. The molecule has 1 unspecified atom stereocenters. The lowest BCUT2D eigenvalue weighted by atomic mass is 10.1. The van der Waals surface area contributed by atoms with E-state index in [1.807, 2.05) is 50.2 Å². The zero-order valence-corrected chi connectivity index (χ0v) is 16.5. The first-order chi connectivity index (χ1) is 13.0. The summed E-state index contributed by atoms with van der Waals surface area (Å²) in [5, 5.41) is 5.98. The van der Waals surface area contributed by atoms with Crippen LogP contribution in [0, 0.1) is 6.92 Å². The normalized spacial score (nSPS) is 16.0. The molecule has 1 aliphatic rings. The Labute approximate surface area is 161 Å². The highest BCUT2D eigenvalue weighted by atomic mass is 16.3. The lowest BCUT2D eigenvalue weighted by molar-refractivity contribution is 0.144. The number of rotatable bonds is 6. The first-order valence-corrected chi connectivity index (χ1v) is 9.65. The number of hydrogen-bond acceptors (Lipinski definition) is 4. The number of piperidine rings is 1. The molecule has 1 aliphatic heterocycles. The minimum absolute atomic E-state index is 0.0725. The molecule has 27 heavy (non-hydrogen) atoms. The third kappa shape index (κ3) is 5.04. The van der Waals surface area contributed by atoms with E-state index in [9.17, 15) is 4.79 Å². The van der Waals surface area contributed by atoms with Crippen LogP contribution in [0.4, 0.5) is 16.2 Å². The van der Waals surface area contributed by atoms with Gasteiger partial charge in [0.1, 0.15) is 5.76 Å². The summed E-state index contributed by atoms with van der Waals surface area (Å²) in [4.78, 5) is 16.9. The maximum absolute atomic E-state index is 12.5. The summed E-state index contributed by atoms with van der Waals surface area (Å²) in [5.41, 5.74) is 2.97. The second kappa shape index (κ2) is 8.95. The molecule has 1 atom stereocenters. The fraction of sp³-hybridized carbons (Fsp3) is 0.476. The summed E-state index contributed by atoms with van der Waals surface area (Å²) in [6.07, 6.45) is 5.36. The molecule has 2 amide bonds. The fourth-order valence-corrected chi connectivity index (χ4v) is 3.54. The van der Waals surface area contributed by atoms with Crippen molar-refractivity contribution in [1.29, 1.82) is 0 Å². The molecule has 1 aromatic heterocycles. The van der Waals surface area contributed by atoms with Crippen molar-refractivity contribution in [2.75, 3.05) is 43.9 Å². The molecule has 3 rings (SSSR count). The molecule has 2 N–H and O–H groups in total. The Kier molecular flexibility index (Phi) is 6.40. The Morgan fingerprint density at radius 1 is 1.22 bits per heavy atom. The van der Waals surface area contributed by atoms with Gasteiger partial charge in [0, 0.05) is 32.0 Å². The molecule has 0 spiro atoms. The third-order valence-corrected chi connectivity index (χ3v) is 5.13. The molecule has 146 valence electrons. The molecule has 2 aromatic rings. The summed E-state index contributed by atoms with van der Waals surface area (Å²) in [7, 11) is 4.01. The van der Waals surface area contributed by atoms with Crippen molar-refractivity contribution in [2.24, 2.45) is 0 Å². The van der Waals surface area contributed by atoms with E-state index in [1.54, 1.807) is 6.26 Å². The average Bonchev–Trinajstić information content (AvgIpc) is 3.19. The van der Waals surface area contributed by atoms with Crippen molar-refractivity contribution >= 4 is 17.4 Å². The van der Waals surface area contributed by atoms with Gasteiger partial charge in [0.25, 0.3) is 0 Å². The molecule has 0 aliphatic carbocycles. The van der Waals surface area contributed by atoms with E-state index in [4.69, 9.17) is 4.42 Å². The number of carbonyl (C=O) groups excluding carboxylic acids is 1. The minimum atomic E-state index is -0.190. The van der Waals surface area contributed by atoms with Crippen LogP contribution in [0.2, 0.25) is 0 Å². The van der Waals surface area contributed by atoms with Crippen molar-refractivity contribution in [1.82, 2.24) is 10.2 Å². The van der Waals surface area contributed by atoms with Crippen LogP contribution >= 0.6 is 0 Å². The number of hydrogen-bond donors (Lipinski definition) is 2. The van der Waals surface area contributed by atoms with Crippen LogP contribution in [-0.4, -0.2) is 44.7 Å². The van der Waals surface area contributed by atoms with Crippen LogP contribution in [0.1, 0.15) is 36.6 Å². The highest BCUT2D eigenvalue weighted by Crippen LogP contribution is 2.25. The van der Waals surface area contributed by atoms with Gasteiger partial charge < -0.3 is 20.0 Å². The van der Waals surface area contributed by atoms with Crippen molar-refractivity contribution in [2.45, 2.75) is 32.2 Å². The maximum atomic E-state index is 12.5. The van der Waals surface area contributed by atoms with Crippen LogP contribution < -0.4 is 15.5 Å². The Balaban J connectivity index is 1.61. The molecule has 0 saturated carbocycles. The topological polar surface area (TPSA) is 60.8 Å². The van der Waals surface area contributed by atoms with E-state index in [0.717, 1.165) is 35.8 Å². The van der Waals surface area contributed by atoms with Gasteiger partial charge in [-0.3, -0.25) is 4.90 Å². The van der Waals surface area contributed by atoms with Gasteiger partial charge in [-0.1, -0.05) is 6.42 Å². The Hall–Kier alpha value is -2.47. The monoisotopic (exact) mass is 370 g/mol. The van der Waals surface area contributed by atoms with Gasteiger partial charge in [-0.15, -0.1) is 0 Å². The average molecular weight is 370 g/mol. The quantitative estimate of drug-likeness (QED) is 0.807. The van der Waals surface area contributed by atoms with Crippen LogP contribution in [0.15, 0.2) is 41.0 Å². The first-order valence-electron chi connectivity index (χ1n) is 9.65. The second-order valence-electron chi connectivity index (χ2n) is 7.36. The summed E-state index contributed by atoms with van der Waals surface area (Å²) in [6.45, 7) is 4.61. The Morgan fingerprint density at radius 3 is 2.63 bits per heavy atom. The van der Waals surface area contributed by atoms with Gasteiger partial charge in [0.05, 0.1) is 12.3 Å². The van der Waals surface area contributed by atoms with Crippen molar-refractivity contribution in [3.8, 4) is 0 Å². The van der Waals surface area contributed by atoms with Gasteiger partial charge >= 0.3 is 6.03 Å².